The highest BCUT2D eigenvalue weighted by Gasteiger charge is 2.34. The maximum Gasteiger partial charge on any atom is 0.236 e. The van der Waals surface area contributed by atoms with Crippen LogP contribution in [0.2, 0.25) is 0 Å². The molecule has 0 bridgehead atoms. The van der Waals surface area contributed by atoms with Crippen LogP contribution in [0.3, 0.4) is 0 Å². The molecule has 5 nitrogen and oxygen atoms in total. The normalized spacial score (nSPS) is 27.6. The predicted octanol–water partition coefficient (Wildman–Crippen LogP) is 0.113. The summed E-state index contributed by atoms with van der Waals surface area (Å²) in [7, 11) is 0. The summed E-state index contributed by atoms with van der Waals surface area (Å²) < 4.78 is 0. The van der Waals surface area contributed by atoms with Crippen LogP contribution < -0.4 is 10.6 Å². The van der Waals surface area contributed by atoms with Gasteiger partial charge in [-0.25, -0.2) is 0 Å². The Morgan fingerprint density at radius 1 is 1.50 bits per heavy atom. The number of rotatable bonds is 4. The molecular weight excluding hydrogens is 230 g/mol. The zero-order chi connectivity index (χ0) is 13.0. The lowest BCUT2D eigenvalue weighted by Gasteiger charge is -2.41. The molecule has 0 aromatic carbocycles. The van der Waals surface area contributed by atoms with Crippen molar-refractivity contribution in [3.8, 4) is 0 Å². The van der Waals surface area contributed by atoms with E-state index in [1.807, 2.05) is 4.90 Å². The smallest absolute Gasteiger partial charge is 0.236 e. The van der Waals surface area contributed by atoms with Crippen molar-refractivity contribution in [1.29, 1.82) is 0 Å². The molecular formula is C13H23N3O2. The number of carbonyl (C=O) groups excluding carboxylic acids is 2. The Kier molecular flexibility index (Phi) is 4.58. The first-order valence-corrected chi connectivity index (χ1v) is 6.98. The van der Waals surface area contributed by atoms with Crippen molar-refractivity contribution in [3.63, 3.8) is 0 Å². The van der Waals surface area contributed by atoms with Gasteiger partial charge in [-0.15, -0.1) is 0 Å². The van der Waals surface area contributed by atoms with Crippen LogP contribution in [0.15, 0.2) is 0 Å². The van der Waals surface area contributed by atoms with E-state index < -0.39 is 0 Å². The van der Waals surface area contributed by atoms with Gasteiger partial charge in [0.25, 0.3) is 0 Å². The number of amides is 2. The summed E-state index contributed by atoms with van der Waals surface area (Å²) in [4.78, 5) is 25.2. The van der Waals surface area contributed by atoms with Crippen LogP contribution in [0.5, 0.6) is 0 Å². The van der Waals surface area contributed by atoms with Gasteiger partial charge in [0.05, 0.1) is 6.54 Å². The zero-order valence-electron chi connectivity index (χ0n) is 11.1. The summed E-state index contributed by atoms with van der Waals surface area (Å²) in [6, 6.07) is 0.291. The van der Waals surface area contributed by atoms with Crippen LogP contribution in [0.25, 0.3) is 0 Å². The fraction of sp³-hybridized carbons (Fsp3) is 0.846. The Labute approximate surface area is 108 Å². The van der Waals surface area contributed by atoms with Crippen molar-refractivity contribution in [1.82, 2.24) is 15.5 Å². The summed E-state index contributed by atoms with van der Waals surface area (Å²) >= 11 is 0. The fourth-order valence-electron chi connectivity index (χ4n) is 2.82. The molecule has 2 amide bonds. The van der Waals surface area contributed by atoms with Crippen LogP contribution >= 0.6 is 0 Å². The fourth-order valence-corrected chi connectivity index (χ4v) is 2.82. The van der Waals surface area contributed by atoms with Crippen molar-refractivity contribution in [2.24, 2.45) is 5.92 Å². The van der Waals surface area contributed by atoms with Gasteiger partial charge in [-0.3, -0.25) is 9.59 Å². The molecule has 2 aliphatic heterocycles. The lowest BCUT2D eigenvalue weighted by atomic mass is 9.85. The molecule has 2 unspecified atom stereocenters. The molecule has 0 aromatic rings. The highest BCUT2D eigenvalue weighted by Crippen LogP contribution is 2.25. The molecule has 2 fully saturated rings. The average molecular weight is 253 g/mol. The van der Waals surface area contributed by atoms with E-state index in [-0.39, 0.29) is 11.8 Å². The maximum atomic E-state index is 12.0. The van der Waals surface area contributed by atoms with E-state index in [0.29, 0.717) is 24.9 Å². The lowest BCUT2D eigenvalue weighted by molar-refractivity contribution is -0.133. The predicted molar refractivity (Wildman–Crippen MR) is 69.0 cm³/mol. The monoisotopic (exact) mass is 253 g/mol. The van der Waals surface area contributed by atoms with Crippen LogP contribution in [-0.4, -0.2) is 48.9 Å². The quantitative estimate of drug-likeness (QED) is 0.699. The molecule has 2 heterocycles. The topological polar surface area (TPSA) is 61.4 Å². The Hall–Kier alpha value is -1.10. The molecule has 102 valence electrons. The van der Waals surface area contributed by atoms with Crippen LogP contribution in [0.4, 0.5) is 0 Å². The highest BCUT2D eigenvalue weighted by atomic mass is 16.2. The Morgan fingerprint density at radius 2 is 2.33 bits per heavy atom. The van der Waals surface area contributed by atoms with E-state index in [9.17, 15) is 9.59 Å². The van der Waals surface area contributed by atoms with E-state index >= 15 is 0 Å². The first kappa shape index (κ1) is 13.3. The van der Waals surface area contributed by atoms with Crippen molar-refractivity contribution in [3.05, 3.63) is 0 Å². The molecule has 2 aliphatic rings. The number of likely N-dealkylation sites (tertiary alicyclic amines) is 1. The van der Waals surface area contributed by atoms with Gasteiger partial charge in [0.15, 0.2) is 0 Å². The van der Waals surface area contributed by atoms with Gasteiger partial charge < -0.3 is 15.5 Å². The van der Waals surface area contributed by atoms with Gasteiger partial charge in [-0.1, -0.05) is 6.92 Å². The van der Waals surface area contributed by atoms with Crippen LogP contribution in [-0.2, 0) is 9.59 Å². The maximum absolute atomic E-state index is 12.0. The van der Waals surface area contributed by atoms with Gasteiger partial charge >= 0.3 is 0 Å². The Morgan fingerprint density at radius 3 is 3.11 bits per heavy atom. The third-order valence-electron chi connectivity index (χ3n) is 3.88. The summed E-state index contributed by atoms with van der Waals surface area (Å²) in [6.07, 6.45) is 3.47. The molecule has 2 rings (SSSR count). The minimum Gasteiger partial charge on any atom is -0.353 e. The van der Waals surface area contributed by atoms with Gasteiger partial charge in [-0.05, 0) is 31.7 Å². The lowest BCUT2D eigenvalue weighted by Crippen LogP contribution is -2.56. The third-order valence-corrected chi connectivity index (χ3v) is 3.88. The molecule has 0 saturated carbocycles. The molecule has 0 aromatic heterocycles. The number of hydrogen-bond acceptors (Lipinski definition) is 3. The minimum absolute atomic E-state index is 0.167. The zero-order valence-corrected chi connectivity index (χ0v) is 11.1. The largest absolute Gasteiger partial charge is 0.353 e. The molecule has 2 saturated heterocycles. The van der Waals surface area contributed by atoms with E-state index in [0.717, 1.165) is 38.9 Å². The third kappa shape index (κ3) is 3.22. The Balaban J connectivity index is 1.79. The summed E-state index contributed by atoms with van der Waals surface area (Å²) in [5, 5.41) is 6.19. The molecule has 0 aliphatic carbocycles. The standard InChI is InChI=1S/C13H23N3O2/c1-2-6-14-8-13(18)16-7-5-11-10(9-16)3-4-12(17)15-11/h10-11,14H,2-9H2,1H3,(H,15,17). The van der Waals surface area contributed by atoms with E-state index in [1.165, 1.54) is 0 Å². The summed E-state index contributed by atoms with van der Waals surface area (Å²) in [5.74, 6) is 0.811. The number of fused-ring (bicyclic) bond motifs is 1. The molecule has 2 atom stereocenters. The second-order valence-electron chi connectivity index (χ2n) is 5.28. The molecule has 0 spiro atoms. The van der Waals surface area contributed by atoms with Crippen LogP contribution in [0, 0.1) is 5.92 Å². The van der Waals surface area contributed by atoms with Gasteiger partial charge in [0.1, 0.15) is 0 Å². The molecule has 5 heteroatoms. The first-order valence-electron chi connectivity index (χ1n) is 6.98. The Bertz CT molecular complexity index is 319. The number of carbonyl (C=O) groups is 2. The van der Waals surface area contributed by atoms with E-state index in [4.69, 9.17) is 0 Å². The number of nitrogens with one attached hydrogen (secondary N) is 2. The van der Waals surface area contributed by atoms with Gasteiger partial charge in [-0.2, -0.15) is 0 Å². The number of hydrogen-bond donors (Lipinski definition) is 2. The van der Waals surface area contributed by atoms with Crippen molar-refractivity contribution in [2.45, 2.75) is 38.6 Å². The summed E-state index contributed by atoms with van der Waals surface area (Å²) in [5.41, 5.74) is 0. The number of piperidine rings is 2. The molecule has 18 heavy (non-hydrogen) atoms. The summed E-state index contributed by atoms with van der Waals surface area (Å²) in [6.45, 7) is 5.00. The van der Waals surface area contributed by atoms with Crippen molar-refractivity contribution >= 4 is 11.8 Å². The highest BCUT2D eigenvalue weighted by molar-refractivity contribution is 5.79. The first-order chi connectivity index (χ1) is 8.70. The van der Waals surface area contributed by atoms with Crippen LogP contribution in [0.1, 0.15) is 32.6 Å². The van der Waals surface area contributed by atoms with Crippen molar-refractivity contribution in [2.75, 3.05) is 26.2 Å². The average Bonchev–Trinajstić information content (AvgIpc) is 2.38. The minimum atomic E-state index is 0.167. The SMILES string of the molecule is CCCNCC(=O)N1CCC2NC(=O)CCC2C1. The van der Waals surface area contributed by atoms with E-state index in [1.54, 1.807) is 0 Å². The second kappa shape index (κ2) is 6.18. The second-order valence-corrected chi connectivity index (χ2v) is 5.28. The van der Waals surface area contributed by atoms with Gasteiger partial charge in [0.2, 0.25) is 11.8 Å². The molecule has 2 N–H and O–H groups in total. The van der Waals surface area contributed by atoms with Crippen molar-refractivity contribution < 1.29 is 9.59 Å². The number of nitrogens with zero attached hydrogens (tertiary/aromatic N) is 1. The van der Waals surface area contributed by atoms with E-state index in [2.05, 4.69) is 17.6 Å². The molecule has 0 radical (unpaired) electrons. The van der Waals surface area contributed by atoms with Gasteiger partial charge in [0, 0.05) is 25.6 Å².